The molecule has 22 heavy (non-hydrogen) atoms. The maximum absolute atomic E-state index is 13.3. The number of hydrogen-bond donors (Lipinski definition) is 1. The molecule has 3 heterocycles. The molecular formula is C14H13ClFN5S. The van der Waals surface area contributed by atoms with Gasteiger partial charge in [0.1, 0.15) is 22.3 Å². The zero-order chi connectivity index (χ0) is 14.2. The average Bonchev–Trinajstić information content (AvgIpc) is 3.14. The Morgan fingerprint density at radius 3 is 3.05 bits per heavy atom. The summed E-state index contributed by atoms with van der Waals surface area (Å²) in [7, 11) is 0. The van der Waals surface area contributed by atoms with Crippen LogP contribution < -0.4 is 5.32 Å². The lowest BCUT2D eigenvalue weighted by Crippen LogP contribution is -2.28. The van der Waals surface area contributed by atoms with Gasteiger partial charge in [0.15, 0.2) is 5.82 Å². The van der Waals surface area contributed by atoms with Gasteiger partial charge in [0, 0.05) is 24.0 Å². The minimum atomic E-state index is -0.254. The van der Waals surface area contributed by atoms with Gasteiger partial charge >= 0.3 is 0 Å². The molecule has 0 aliphatic carbocycles. The van der Waals surface area contributed by atoms with Crippen molar-refractivity contribution in [2.45, 2.75) is 13.1 Å². The quantitative estimate of drug-likeness (QED) is 0.781. The van der Waals surface area contributed by atoms with Gasteiger partial charge in [-0.05, 0) is 12.1 Å². The van der Waals surface area contributed by atoms with Crippen molar-refractivity contribution < 1.29 is 4.39 Å². The van der Waals surface area contributed by atoms with E-state index in [1.165, 1.54) is 23.5 Å². The van der Waals surface area contributed by atoms with Crippen LogP contribution in [-0.4, -0.2) is 26.3 Å². The molecule has 114 valence electrons. The SMILES string of the molecule is Cl.Fc1cccc(-c2nc(-c3nnc4n3CCNC4)cs2)c1. The molecule has 1 aliphatic heterocycles. The molecule has 2 aromatic heterocycles. The molecule has 0 bridgehead atoms. The molecule has 0 spiro atoms. The van der Waals surface area contributed by atoms with Gasteiger partial charge in [-0.2, -0.15) is 0 Å². The van der Waals surface area contributed by atoms with E-state index in [2.05, 4.69) is 25.1 Å². The number of halogens is 2. The van der Waals surface area contributed by atoms with Gasteiger partial charge in [-0.3, -0.25) is 0 Å². The highest BCUT2D eigenvalue weighted by Gasteiger charge is 2.18. The number of hydrogen-bond acceptors (Lipinski definition) is 5. The molecule has 1 aliphatic rings. The molecular weight excluding hydrogens is 325 g/mol. The Bertz CT molecular complexity index is 800. The van der Waals surface area contributed by atoms with Crippen molar-refractivity contribution in [3.05, 3.63) is 41.3 Å². The largest absolute Gasteiger partial charge is 0.308 e. The van der Waals surface area contributed by atoms with Crippen LogP contribution in [0, 0.1) is 5.82 Å². The lowest BCUT2D eigenvalue weighted by molar-refractivity contribution is 0.508. The summed E-state index contributed by atoms with van der Waals surface area (Å²) in [6.45, 7) is 2.47. The summed E-state index contributed by atoms with van der Waals surface area (Å²) in [5, 5.41) is 14.4. The Kier molecular flexibility index (Phi) is 4.19. The van der Waals surface area contributed by atoms with Gasteiger partial charge in [-0.1, -0.05) is 12.1 Å². The van der Waals surface area contributed by atoms with E-state index >= 15 is 0 Å². The molecule has 0 unspecified atom stereocenters. The maximum Gasteiger partial charge on any atom is 0.183 e. The summed E-state index contributed by atoms with van der Waals surface area (Å²) in [6.07, 6.45) is 0. The van der Waals surface area contributed by atoms with Crippen molar-refractivity contribution in [1.82, 2.24) is 25.1 Å². The van der Waals surface area contributed by atoms with E-state index in [4.69, 9.17) is 0 Å². The second-order valence-electron chi connectivity index (χ2n) is 4.82. The first-order valence-corrected chi connectivity index (χ1v) is 7.54. The first kappa shape index (κ1) is 15.1. The fraction of sp³-hybridized carbons (Fsp3) is 0.214. The van der Waals surface area contributed by atoms with E-state index in [9.17, 15) is 4.39 Å². The average molecular weight is 338 g/mol. The Morgan fingerprint density at radius 1 is 1.27 bits per heavy atom. The summed E-state index contributed by atoms with van der Waals surface area (Å²) < 4.78 is 15.4. The van der Waals surface area contributed by atoms with Crippen LogP contribution in [0.3, 0.4) is 0 Å². The number of thiazole rings is 1. The van der Waals surface area contributed by atoms with Crippen molar-refractivity contribution >= 4 is 23.7 Å². The van der Waals surface area contributed by atoms with Crippen LogP contribution in [0.25, 0.3) is 22.1 Å². The van der Waals surface area contributed by atoms with Crippen molar-refractivity contribution in [2.75, 3.05) is 6.54 Å². The minimum Gasteiger partial charge on any atom is -0.308 e. The predicted molar refractivity (Wildman–Crippen MR) is 85.5 cm³/mol. The van der Waals surface area contributed by atoms with E-state index in [0.29, 0.717) is 0 Å². The summed E-state index contributed by atoms with van der Waals surface area (Å²) in [4.78, 5) is 4.58. The fourth-order valence-electron chi connectivity index (χ4n) is 2.41. The highest BCUT2D eigenvalue weighted by atomic mass is 35.5. The fourth-order valence-corrected chi connectivity index (χ4v) is 3.21. The first-order chi connectivity index (χ1) is 10.3. The van der Waals surface area contributed by atoms with E-state index in [-0.39, 0.29) is 18.2 Å². The summed E-state index contributed by atoms with van der Waals surface area (Å²) in [5.74, 6) is 1.46. The van der Waals surface area contributed by atoms with Crippen molar-refractivity contribution in [2.24, 2.45) is 0 Å². The van der Waals surface area contributed by atoms with E-state index in [1.807, 2.05) is 11.4 Å². The Hall–Kier alpha value is -1.83. The van der Waals surface area contributed by atoms with Crippen LogP contribution in [-0.2, 0) is 13.1 Å². The van der Waals surface area contributed by atoms with Crippen LogP contribution in [0.4, 0.5) is 4.39 Å². The zero-order valence-electron chi connectivity index (χ0n) is 11.5. The van der Waals surface area contributed by atoms with E-state index < -0.39 is 0 Å². The summed E-state index contributed by atoms with van der Waals surface area (Å²) in [6, 6.07) is 6.47. The molecule has 1 N–H and O–H groups in total. The number of aromatic nitrogens is 4. The van der Waals surface area contributed by atoms with Gasteiger partial charge in [0.25, 0.3) is 0 Å². The molecule has 0 saturated carbocycles. The van der Waals surface area contributed by atoms with Gasteiger partial charge in [-0.25, -0.2) is 9.37 Å². The van der Waals surface area contributed by atoms with E-state index in [1.54, 1.807) is 6.07 Å². The molecule has 4 rings (SSSR count). The normalized spacial score (nSPS) is 13.5. The lowest BCUT2D eigenvalue weighted by Gasteiger charge is -2.15. The number of rotatable bonds is 2. The van der Waals surface area contributed by atoms with E-state index in [0.717, 1.165) is 47.5 Å². The maximum atomic E-state index is 13.3. The van der Waals surface area contributed by atoms with Crippen molar-refractivity contribution in [3.63, 3.8) is 0 Å². The van der Waals surface area contributed by atoms with Gasteiger partial charge in [0.2, 0.25) is 0 Å². The highest BCUT2D eigenvalue weighted by Crippen LogP contribution is 2.29. The molecule has 3 aromatic rings. The molecule has 5 nitrogen and oxygen atoms in total. The molecule has 0 atom stereocenters. The molecule has 0 fully saturated rings. The molecule has 0 saturated heterocycles. The lowest BCUT2D eigenvalue weighted by atomic mass is 10.2. The van der Waals surface area contributed by atoms with Gasteiger partial charge < -0.3 is 9.88 Å². The Balaban J connectivity index is 0.00000144. The second-order valence-corrected chi connectivity index (χ2v) is 5.67. The first-order valence-electron chi connectivity index (χ1n) is 6.66. The number of nitrogens with zero attached hydrogens (tertiary/aromatic N) is 4. The molecule has 8 heteroatoms. The van der Waals surface area contributed by atoms with Crippen molar-refractivity contribution in [1.29, 1.82) is 0 Å². The highest BCUT2D eigenvalue weighted by molar-refractivity contribution is 7.13. The van der Waals surface area contributed by atoms with Crippen LogP contribution in [0.5, 0.6) is 0 Å². The van der Waals surface area contributed by atoms with Gasteiger partial charge in [0.05, 0.1) is 6.54 Å². The summed E-state index contributed by atoms with van der Waals surface area (Å²) >= 11 is 1.49. The smallest absolute Gasteiger partial charge is 0.183 e. The summed E-state index contributed by atoms with van der Waals surface area (Å²) in [5.41, 5.74) is 1.58. The molecule has 0 radical (unpaired) electrons. The van der Waals surface area contributed by atoms with Crippen LogP contribution in [0.1, 0.15) is 5.82 Å². The third-order valence-electron chi connectivity index (χ3n) is 3.43. The van der Waals surface area contributed by atoms with Gasteiger partial charge in [-0.15, -0.1) is 33.9 Å². The van der Waals surface area contributed by atoms with Crippen molar-refractivity contribution in [3.8, 4) is 22.1 Å². The topological polar surface area (TPSA) is 55.6 Å². The Morgan fingerprint density at radius 2 is 2.18 bits per heavy atom. The third-order valence-corrected chi connectivity index (χ3v) is 4.32. The van der Waals surface area contributed by atoms with Crippen LogP contribution >= 0.6 is 23.7 Å². The molecule has 1 aromatic carbocycles. The monoisotopic (exact) mass is 337 g/mol. The minimum absolute atomic E-state index is 0. The third kappa shape index (κ3) is 2.63. The number of nitrogens with one attached hydrogen (secondary N) is 1. The molecule has 0 amide bonds. The number of fused-ring (bicyclic) bond motifs is 1. The zero-order valence-corrected chi connectivity index (χ0v) is 13.1. The predicted octanol–water partition coefficient (Wildman–Crippen LogP) is 2.73. The van der Waals surface area contributed by atoms with Crippen LogP contribution in [0.2, 0.25) is 0 Å². The van der Waals surface area contributed by atoms with Crippen LogP contribution in [0.15, 0.2) is 29.6 Å². The number of benzene rings is 1. The second kappa shape index (κ2) is 6.12. The standard InChI is InChI=1S/C14H12FN5S.ClH/c15-10-3-1-2-9(6-10)14-17-11(8-21-14)13-19-18-12-7-16-4-5-20(12)13;/h1-3,6,8,16H,4-5,7H2;1H. The Labute approximate surface area is 136 Å².